The number of carbonyl (C=O) groups excluding carboxylic acids is 1. The van der Waals surface area contributed by atoms with Crippen molar-refractivity contribution >= 4 is 11.9 Å². The molecule has 0 spiro atoms. The van der Waals surface area contributed by atoms with Crippen LogP contribution in [-0.4, -0.2) is 52.5 Å². The van der Waals surface area contributed by atoms with Crippen molar-refractivity contribution in [3.8, 4) is 0 Å². The van der Waals surface area contributed by atoms with Crippen molar-refractivity contribution in [1.29, 1.82) is 0 Å². The lowest BCUT2D eigenvalue weighted by molar-refractivity contribution is -0.147. The highest BCUT2D eigenvalue weighted by atomic mass is 16.4. The summed E-state index contributed by atoms with van der Waals surface area (Å²) in [5.74, 6) is -1.22. The summed E-state index contributed by atoms with van der Waals surface area (Å²) >= 11 is 0. The summed E-state index contributed by atoms with van der Waals surface area (Å²) in [5, 5.41) is 21.3. The zero-order valence-corrected chi connectivity index (χ0v) is 9.14. The van der Waals surface area contributed by atoms with Gasteiger partial charge in [-0.15, -0.1) is 0 Å². The molecule has 1 amide bonds. The zero-order valence-electron chi connectivity index (χ0n) is 9.14. The van der Waals surface area contributed by atoms with Crippen LogP contribution in [0.15, 0.2) is 0 Å². The molecule has 2 unspecified atom stereocenters. The van der Waals surface area contributed by atoms with Crippen LogP contribution in [0, 0.1) is 0 Å². The number of carboxylic acids is 1. The summed E-state index contributed by atoms with van der Waals surface area (Å²) in [6, 6.07) is -1.25. The Balaban J connectivity index is 2.53. The van der Waals surface area contributed by atoms with E-state index in [0.29, 0.717) is 19.4 Å². The highest BCUT2D eigenvalue weighted by Gasteiger charge is 2.29. The molecular formula is C9H17N3O4. The molecular weight excluding hydrogens is 214 g/mol. The van der Waals surface area contributed by atoms with Gasteiger partial charge in [0.05, 0.1) is 12.8 Å². The van der Waals surface area contributed by atoms with Crippen LogP contribution in [0.4, 0.5) is 0 Å². The van der Waals surface area contributed by atoms with Crippen molar-refractivity contribution < 1.29 is 19.8 Å². The molecule has 4 N–H and O–H groups in total. The molecule has 2 atom stereocenters. The molecule has 0 aromatic rings. The number of nitrogens with one attached hydrogen (secondary N) is 2. The van der Waals surface area contributed by atoms with Gasteiger partial charge in [0.1, 0.15) is 6.04 Å². The van der Waals surface area contributed by atoms with Gasteiger partial charge >= 0.3 is 5.97 Å². The molecule has 1 saturated heterocycles. The molecule has 16 heavy (non-hydrogen) atoms. The number of rotatable bonds is 4. The van der Waals surface area contributed by atoms with Crippen LogP contribution in [0.3, 0.4) is 0 Å². The fourth-order valence-corrected chi connectivity index (χ4v) is 1.58. The largest absolute Gasteiger partial charge is 0.480 e. The van der Waals surface area contributed by atoms with E-state index in [4.69, 9.17) is 10.2 Å². The second-order valence-electron chi connectivity index (χ2n) is 3.74. The summed E-state index contributed by atoms with van der Waals surface area (Å²) in [7, 11) is 0. The Morgan fingerprint density at radius 3 is 2.88 bits per heavy atom. The van der Waals surface area contributed by atoms with Crippen LogP contribution in [0.1, 0.15) is 19.8 Å². The van der Waals surface area contributed by atoms with Crippen LogP contribution < -0.4 is 10.7 Å². The first-order chi connectivity index (χ1) is 7.56. The molecule has 1 rings (SSSR count). The molecule has 0 aliphatic carbocycles. The van der Waals surface area contributed by atoms with Crippen molar-refractivity contribution in [2.45, 2.75) is 31.8 Å². The second-order valence-corrected chi connectivity index (χ2v) is 3.74. The molecule has 0 saturated carbocycles. The van der Waals surface area contributed by atoms with E-state index in [1.54, 1.807) is 6.92 Å². The lowest BCUT2D eigenvalue weighted by Crippen LogP contribution is -2.58. The van der Waals surface area contributed by atoms with E-state index >= 15 is 0 Å². The number of aliphatic carboxylic acids is 1. The predicted molar refractivity (Wildman–Crippen MR) is 55.2 cm³/mol. The van der Waals surface area contributed by atoms with Gasteiger partial charge in [-0.25, -0.2) is 5.43 Å². The van der Waals surface area contributed by atoms with Crippen molar-refractivity contribution in [2.75, 3.05) is 13.3 Å². The van der Waals surface area contributed by atoms with Crippen LogP contribution in [-0.2, 0) is 9.59 Å². The number of hydrogen-bond donors (Lipinski definition) is 4. The monoisotopic (exact) mass is 231 g/mol. The van der Waals surface area contributed by atoms with Crippen LogP contribution >= 0.6 is 0 Å². The third-order valence-electron chi connectivity index (χ3n) is 2.52. The highest BCUT2D eigenvalue weighted by Crippen LogP contribution is 2.08. The maximum atomic E-state index is 11.8. The summed E-state index contributed by atoms with van der Waals surface area (Å²) in [6.07, 6.45) is 1.17. The van der Waals surface area contributed by atoms with E-state index in [1.165, 1.54) is 5.01 Å². The third kappa shape index (κ3) is 3.16. The number of carboxylic acid groups (broad SMARTS) is 1. The number of hydrazine groups is 1. The molecule has 0 bridgehead atoms. The predicted octanol–water partition coefficient (Wildman–Crippen LogP) is -1.51. The third-order valence-corrected chi connectivity index (χ3v) is 2.52. The maximum Gasteiger partial charge on any atom is 0.322 e. The topological polar surface area (TPSA) is 102 Å². The summed E-state index contributed by atoms with van der Waals surface area (Å²) < 4.78 is 0. The first-order valence-corrected chi connectivity index (χ1v) is 5.21. The number of hydrogen-bond acceptors (Lipinski definition) is 5. The SMILES string of the molecule is CC(NCO)C(=O)N1CCCC(C(=O)O)N1. The minimum atomic E-state index is -0.958. The average molecular weight is 231 g/mol. The van der Waals surface area contributed by atoms with E-state index in [1.807, 2.05) is 0 Å². The molecule has 92 valence electrons. The van der Waals surface area contributed by atoms with Gasteiger partial charge < -0.3 is 10.2 Å². The Bertz CT molecular complexity index is 271. The van der Waals surface area contributed by atoms with E-state index in [-0.39, 0.29) is 12.6 Å². The second kappa shape index (κ2) is 5.78. The lowest BCUT2D eigenvalue weighted by Gasteiger charge is -2.33. The Hall–Kier alpha value is -1.18. The molecule has 1 heterocycles. The van der Waals surface area contributed by atoms with Gasteiger partial charge in [0.25, 0.3) is 5.91 Å². The average Bonchev–Trinajstić information content (AvgIpc) is 2.28. The molecule has 1 aliphatic heterocycles. The summed E-state index contributed by atoms with van der Waals surface area (Å²) in [6.45, 7) is 1.81. The fraction of sp³-hybridized carbons (Fsp3) is 0.778. The van der Waals surface area contributed by atoms with Crippen LogP contribution in [0.2, 0.25) is 0 Å². The smallest absolute Gasteiger partial charge is 0.322 e. The van der Waals surface area contributed by atoms with E-state index < -0.39 is 18.1 Å². The highest BCUT2D eigenvalue weighted by molar-refractivity contribution is 5.82. The van der Waals surface area contributed by atoms with Crippen molar-refractivity contribution in [1.82, 2.24) is 15.8 Å². The standard InChI is InChI=1S/C9H17N3O4/c1-6(10-5-13)8(14)12-4-2-3-7(11-12)9(15)16/h6-7,10-11,13H,2-5H2,1H3,(H,15,16). The van der Waals surface area contributed by atoms with Crippen molar-refractivity contribution in [3.63, 3.8) is 0 Å². The number of aliphatic hydroxyl groups excluding tert-OH is 1. The van der Waals surface area contributed by atoms with Gasteiger partial charge in [-0.05, 0) is 19.8 Å². The van der Waals surface area contributed by atoms with E-state index in [2.05, 4.69) is 10.7 Å². The Kier molecular flexibility index (Phi) is 4.66. The number of amides is 1. The van der Waals surface area contributed by atoms with Gasteiger partial charge in [0, 0.05) is 6.54 Å². The van der Waals surface area contributed by atoms with Gasteiger partial charge in [-0.3, -0.25) is 19.9 Å². The Morgan fingerprint density at radius 2 is 2.31 bits per heavy atom. The summed E-state index contributed by atoms with van der Waals surface area (Å²) in [5.41, 5.74) is 2.65. The van der Waals surface area contributed by atoms with Gasteiger partial charge in [-0.2, -0.15) is 0 Å². The van der Waals surface area contributed by atoms with Gasteiger partial charge in [0.2, 0.25) is 0 Å². The molecule has 0 aromatic carbocycles. The zero-order chi connectivity index (χ0) is 12.1. The molecule has 1 fully saturated rings. The number of carbonyl (C=O) groups is 2. The quantitative estimate of drug-likeness (QED) is 0.439. The van der Waals surface area contributed by atoms with E-state index in [0.717, 1.165) is 0 Å². The van der Waals surface area contributed by atoms with Crippen LogP contribution in [0.25, 0.3) is 0 Å². The molecule has 0 radical (unpaired) electrons. The minimum absolute atomic E-state index is 0.264. The normalized spacial score (nSPS) is 22.9. The van der Waals surface area contributed by atoms with Crippen molar-refractivity contribution in [3.05, 3.63) is 0 Å². The first-order valence-electron chi connectivity index (χ1n) is 5.21. The van der Waals surface area contributed by atoms with Gasteiger partial charge in [0.15, 0.2) is 0 Å². The Morgan fingerprint density at radius 1 is 1.62 bits per heavy atom. The lowest BCUT2D eigenvalue weighted by atomic mass is 10.1. The number of aliphatic hydroxyl groups is 1. The first kappa shape index (κ1) is 12.9. The van der Waals surface area contributed by atoms with E-state index in [9.17, 15) is 9.59 Å². The minimum Gasteiger partial charge on any atom is -0.480 e. The molecule has 7 nitrogen and oxygen atoms in total. The molecule has 1 aliphatic rings. The van der Waals surface area contributed by atoms with Crippen LogP contribution in [0.5, 0.6) is 0 Å². The fourth-order valence-electron chi connectivity index (χ4n) is 1.58. The van der Waals surface area contributed by atoms with Crippen molar-refractivity contribution in [2.24, 2.45) is 0 Å². The number of nitrogens with zero attached hydrogens (tertiary/aromatic N) is 1. The molecule has 0 aromatic heterocycles. The van der Waals surface area contributed by atoms with Gasteiger partial charge in [-0.1, -0.05) is 0 Å². The summed E-state index contributed by atoms with van der Waals surface area (Å²) in [4.78, 5) is 22.5. The maximum absolute atomic E-state index is 11.8. The molecule has 7 heteroatoms. The Labute approximate surface area is 93.4 Å².